The van der Waals surface area contributed by atoms with Crippen molar-refractivity contribution in [2.45, 2.75) is 19.8 Å². The lowest BCUT2D eigenvalue weighted by atomic mass is 9.80. The van der Waals surface area contributed by atoms with Gasteiger partial charge in [-0.25, -0.2) is 0 Å². The number of nitriles is 1. The van der Waals surface area contributed by atoms with Gasteiger partial charge in [0.25, 0.3) is 0 Å². The summed E-state index contributed by atoms with van der Waals surface area (Å²) < 4.78 is 0. The summed E-state index contributed by atoms with van der Waals surface area (Å²) >= 11 is 0. The second-order valence-corrected chi connectivity index (χ2v) is 5.66. The highest BCUT2D eigenvalue weighted by atomic mass is 15.1. The normalized spacial score (nSPS) is 19.2. The third kappa shape index (κ3) is 3.24. The third-order valence-corrected chi connectivity index (χ3v) is 3.91. The Kier molecular flexibility index (Phi) is 3.88. The average Bonchev–Trinajstić information content (AvgIpc) is 2.41. The molecular formula is C15H21N3. The van der Waals surface area contributed by atoms with E-state index in [1.165, 1.54) is 25.9 Å². The second kappa shape index (κ2) is 5.41. The molecule has 18 heavy (non-hydrogen) atoms. The van der Waals surface area contributed by atoms with Gasteiger partial charge in [0.1, 0.15) is 0 Å². The zero-order chi connectivity index (χ0) is 13.0. The summed E-state index contributed by atoms with van der Waals surface area (Å²) in [5.74, 6) is 0. The van der Waals surface area contributed by atoms with Crippen molar-refractivity contribution in [3.63, 3.8) is 0 Å². The minimum absolute atomic E-state index is 0.370. The van der Waals surface area contributed by atoms with Crippen molar-refractivity contribution >= 4 is 5.69 Å². The molecule has 0 radical (unpaired) electrons. The van der Waals surface area contributed by atoms with Gasteiger partial charge in [0.15, 0.2) is 0 Å². The molecule has 96 valence electrons. The van der Waals surface area contributed by atoms with Crippen molar-refractivity contribution in [3.8, 4) is 6.07 Å². The molecule has 0 aliphatic carbocycles. The van der Waals surface area contributed by atoms with Crippen molar-refractivity contribution in [1.82, 2.24) is 4.90 Å². The summed E-state index contributed by atoms with van der Waals surface area (Å²) in [4.78, 5) is 2.39. The smallest absolute Gasteiger partial charge is 0.0992 e. The van der Waals surface area contributed by atoms with Crippen LogP contribution in [-0.4, -0.2) is 31.6 Å². The lowest BCUT2D eigenvalue weighted by Crippen LogP contribution is -2.40. The number of rotatable bonds is 3. The SMILES string of the molecule is CN1CCC(C)(CNc2cccc(C#N)c2)CC1. The van der Waals surface area contributed by atoms with E-state index in [9.17, 15) is 0 Å². The molecule has 1 N–H and O–H groups in total. The average molecular weight is 243 g/mol. The summed E-state index contributed by atoms with van der Waals surface area (Å²) in [7, 11) is 2.18. The van der Waals surface area contributed by atoms with Crippen LogP contribution in [0.2, 0.25) is 0 Å². The number of nitrogens with one attached hydrogen (secondary N) is 1. The predicted octanol–water partition coefficient (Wildman–Crippen LogP) is 2.70. The monoisotopic (exact) mass is 243 g/mol. The van der Waals surface area contributed by atoms with Crippen LogP contribution >= 0.6 is 0 Å². The Morgan fingerprint density at radius 1 is 1.39 bits per heavy atom. The zero-order valence-corrected chi connectivity index (χ0v) is 11.2. The Balaban J connectivity index is 1.93. The Morgan fingerprint density at radius 2 is 2.11 bits per heavy atom. The van der Waals surface area contributed by atoms with Gasteiger partial charge in [0.05, 0.1) is 11.6 Å². The molecule has 1 aliphatic rings. The molecule has 0 spiro atoms. The third-order valence-electron chi connectivity index (χ3n) is 3.91. The first-order valence-electron chi connectivity index (χ1n) is 6.54. The molecule has 2 rings (SSSR count). The van der Waals surface area contributed by atoms with Crippen LogP contribution in [0.15, 0.2) is 24.3 Å². The van der Waals surface area contributed by atoms with Crippen molar-refractivity contribution in [2.24, 2.45) is 5.41 Å². The topological polar surface area (TPSA) is 39.1 Å². The fraction of sp³-hybridized carbons (Fsp3) is 0.533. The van der Waals surface area contributed by atoms with Crippen molar-refractivity contribution < 1.29 is 0 Å². The van der Waals surface area contributed by atoms with Crippen LogP contribution in [0.1, 0.15) is 25.3 Å². The predicted molar refractivity (Wildman–Crippen MR) is 74.5 cm³/mol. The van der Waals surface area contributed by atoms with Gasteiger partial charge in [0, 0.05) is 12.2 Å². The fourth-order valence-corrected chi connectivity index (χ4v) is 2.35. The van der Waals surface area contributed by atoms with Crippen LogP contribution in [0.5, 0.6) is 0 Å². The van der Waals surface area contributed by atoms with E-state index >= 15 is 0 Å². The van der Waals surface area contributed by atoms with E-state index in [2.05, 4.69) is 30.3 Å². The molecule has 0 unspecified atom stereocenters. The highest BCUT2D eigenvalue weighted by Crippen LogP contribution is 2.30. The minimum Gasteiger partial charge on any atom is -0.384 e. The van der Waals surface area contributed by atoms with E-state index < -0.39 is 0 Å². The van der Waals surface area contributed by atoms with Crippen LogP contribution in [0, 0.1) is 16.7 Å². The first-order chi connectivity index (χ1) is 8.61. The van der Waals surface area contributed by atoms with Gasteiger partial charge in [-0.1, -0.05) is 13.0 Å². The maximum absolute atomic E-state index is 8.88. The molecule has 1 aromatic rings. The second-order valence-electron chi connectivity index (χ2n) is 5.66. The molecule has 1 saturated heterocycles. The van der Waals surface area contributed by atoms with Crippen molar-refractivity contribution in [3.05, 3.63) is 29.8 Å². The molecule has 1 fully saturated rings. The van der Waals surface area contributed by atoms with Crippen LogP contribution in [0.25, 0.3) is 0 Å². The van der Waals surface area contributed by atoms with E-state index in [1.54, 1.807) is 0 Å². The molecule has 0 amide bonds. The van der Waals surface area contributed by atoms with E-state index in [-0.39, 0.29) is 0 Å². The maximum atomic E-state index is 8.88. The van der Waals surface area contributed by atoms with Crippen molar-refractivity contribution in [1.29, 1.82) is 5.26 Å². The molecule has 3 heteroatoms. The van der Waals surface area contributed by atoms with E-state index in [0.717, 1.165) is 12.2 Å². The summed E-state index contributed by atoms with van der Waals surface area (Å²) in [6.45, 7) is 5.68. The van der Waals surface area contributed by atoms with E-state index in [4.69, 9.17) is 5.26 Å². The Hall–Kier alpha value is -1.53. The molecular weight excluding hydrogens is 222 g/mol. The Bertz CT molecular complexity index is 439. The molecule has 0 bridgehead atoms. The minimum atomic E-state index is 0.370. The number of hydrogen-bond acceptors (Lipinski definition) is 3. The number of likely N-dealkylation sites (tertiary alicyclic amines) is 1. The zero-order valence-electron chi connectivity index (χ0n) is 11.2. The molecule has 0 saturated carbocycles. The highest BCUT2D eigenvalue weighted by Gasteiger charge is 2.28. The quantitative estimate of drug-likeness (QED) is 0.887. The standard InChI is InChI=1S/C15H21N3/c1-15(6-8-18(2)9-7-15)12-17-14-5-3-4-13(10-14)11-16/h3-5,10,17H,6-9,12H2,1-2H3. The van der Waals surface area contributed by atoms with Gasteiger partial charge < -0.3 is 10.2 Å². The lowest BCUT2D eigenvalue weighted by molar-refractivity contribution is 0.150. The first-order valence-corrected chi connectivity index (χ1v) is 6.54. The largest absolute Gasteiger partial charge is 0.384 e. The molecule has 0 atom stereocenters. The summed E-state index contributed by atoms with van der Waals surface area (Å²) in [5, 5.41) is 12.4. The molecule has 3 nitrogen and oxygen atoms in total. The van der Waals surface area contributed by atoms with Crippen LogP contribution in [0.4, 0.5) is 5.69 Å². The lowest BCUT2D eigenvalue weighted by Gasteiger charge is -2.38. The first kappa shape index (κ1) is 12.9. The highest BCUT2D eigenvalue weighted by molar-refractivity contribution is 5.49. The van der Waals surface area contributed by atoms with Gasteiger partial charge in [-0.3, -0.25) is 0 Å². The van der Waals surface area contributed by atoms with E-state index in [0.29, 0.717) is 11.0 Å². The van der Waals surface area contributed by atoms with Gasteiger partial charge in [-0.05, 0) is 56.6 Å². The van der Waals surface area contributed by atoms with Crippen molar-refractivity contribution in [2.75, 3.05) is 32.0 Å². The number of nitrogens with zero attached hydrogens (tertiary/aromatic N) is 2. The fourth-order valence-electron chi connectivity index (χ4n) is 2.35. The van der Waals surface area contributed by atoms with Crippen LogP contribution < -0.4 is 5.32 Å². The number of benzene rings is 1. The van der Waals surface area contributed by atoms with Gasteiger partial charge >= 0.3 is 0 Å². The van der Waals surface area contributed by atoms with Gasteiger partial charge in [-0.15, -0.1) is 0 Å². The maximum Gasteiger partial charge on any atom is 0.0992 e. The molecule has 1 heterocycles. The number of anilines is 1. The molecule has 0 aromatic heterocycles. The molecule has 1 aliphatic heterocycles. The van der Waals surface area contributed by atoms with E-state index in [1.807, 2.05) is 24.3 Å². The number of piperidine rings is 1. The van der Waals surface area contributed by atoms with Gasteiger partial charge in [-0.2, -0.15) is 5.26 Å². The number of hydrogen-bond donors (Lipinski definition) is 1. The summed E-state index contributed by atoms with van der Waals surface area (Å²) in [6, 6.07) is 9.88. The van der Waals surface area contributed by atoms with Gasteiger partial charge in [0.2, 0.25) is 0 Å². The summed E-state index contributed by atoms with van der Waals surface area (Å²) in [6.07, 6.45) is 2.46. The Morgan fingerprint density at radius 3 is 2.78 bits per heavy atom. The van der Waals surface area contributed by atoms with Crippen LogP contribution in [0.3, 0.4) is 0 Å². The molecule has 1 aromatic carbocycles. The summed E-state index contributed by atoms with van der Waals surface area (Å²) in [5.41, 5.74) is 2.14. The Labute approximate surface area is 109 Å². The van der Waals surface area contributed by atoms with Crippen LogP contribution in [-0.2, 0) is 0 Å².